The maximum atomic E-state index is 11.7. The fraction of sp³-hybridized carbons (Fsp3) is 0.667. The summed E-state index contributed by atoms with van der Waals surface area (Å²) in [4.78, 5) is 11.7. The minimum atomic E-state index is 0.0131. The van der Waals surface area contributed by atoms with Crippen LogP contribution in [0.15, 0.2) is 6.07 Å². The second-order valence-corrected chi connectivity index (χ2v) is 4.55. The molecule has 5 nitrogen and oxygen atoms in total. The number of hydrogen-bond donors (Lipinski definition) is 2. The number of carbonyl (C=O) groups excluding carboxylic acids is 1. The molecule has 0 aromatic carbocycles. The Bertz CT molecular complexity index is 373. The Kier molecular flexibility index (Phi) is 5.15. The van der Waals surface area contributed by atoms with E-state index in [0.29, 0.717) is 19.0 Å². The van der Waals surface area contributed by atoms with Crippen LogP contribution in [0.5, 0.6) is 0 Å². The topological polar surface area (TPSA) is 58.9 Å². The molecule has 0 spiro atoms. The summed E-state index contributed by atoms with van der Waals surface area (Å²) in [6.45, 7) is 7.87. The van der Waals surface area contributed by atoms with Crippen molar-refractivity contribution in [2.24, 2.45) is 5.92 Å². The molecule has 0 saturated heterocycles. The van der Waals surface area contributed by atoms with E-state index in [-0.39, 0.29) is 5.91 Å². The summed E-state index contributed by atoms with van der Waals surface area (Å²) < 4.78 is 1.73. The van der Waals surface area contributed by atoms with Crippen molar-refractivity contribution in [2.75, 3.05) is 20.1 Å². The van der Waals surface area contributed by atoms with E-state index in [0.717, 1.165) is 17.9 Å². The zero-order valence-electron chi connectivity index (χ0n) is 11.1. The van der Waals surface area contributed by atoms with Crippen LogP contribution < -0.4 is 10.6 Å². The van der Waals surface area contributed by atoms with Gasteiger partial charge in [0.05, 0.1) is 5.69 Å². The van der Waals surface area contributed by atoms with Gasteiger partial charge in [0.1, 0.15) is 6.54 Å². The number of rotatable bonds is 6. The van der Waals surface area contributed by atoms with Gasteiger partial charge in [-0.1, -0.05) is 6.92 Å². The molecule has 2 N–H and O–H groups in total. The summed E-state index contributed by atoms with van der Waals surface area (Å²) in [6.07, 6.45) is 0. The molecule has 0 radical (unpaired) electrons. The third kappa shape index (κ3) is 4.56. The van der Waals surface area contributed by atoms with Gasteiger partial charge in [0.15, 0.2) is 0 Å². The summed E-state index contributed by atoms with van der Waals surface area (Å²) in [5, 5.41) is 10.3. The second-order valence-electron chi connectivity index (χ2n) is 4.55. The molecule has 0 aliphatic heterocycles. The first-order valence-corrected chi connectivity index (χ1v) is 5.95. The van der Waals surface area contributed by atoms with Crippen LogP contribution in [0.25, 0.3) is 0 Å². The monoisotopic (exact) mass is 238 g/mol. The lowest BCUT2D eigenvalue weighted by atomic mass is 10.2. The van der Waals surface area contributed by atoms with Crippen molar-refractivity contribution in [2.45, 2.75) is 27.3 Å². The normalized spacial score (nSPS) is 12.5. The quantitative estimate of drug-likeness (QED) is 0.757. The van der Waals surface area contributed by atoms with Crippen LogP contribution in [-0.2, 0) is 11.3 Å². The Balaban J connectivity index is 2.37. The maximum Gasteiger partial charge on any atom is 0.241 e. The lowest BCUT2D eigenvalue weighted by Crippen LogP contribution is -2.34. The first kappa shape index (κ1) is 13.7. The largest absolute Gasteiger partial charge is 0.354 e. The van der Waals surface area contributed by atoms with Gasteiger partial charge in [-0.05, 0) is 39.4 Å². The van der Waals surface area contributed by atoms with Gasteiger partial charge < -0.3 is 10.6 Å². The van der Waals surface area contributed by atoms with Crippen molar-refractivity contribution in [3.63, 3.8) is 0 Å². The predicted octanol–water partition coefficient (Wildman–Crippen LogP) is 0.472. The number of aryl methyl sites for hydroxylation is 2. The Morgan fingerprint density at radius 2 is 2.18 bits per heavy atom. The van der Waals surface area contributed by atoms with E-state index in [2.05, 4.69) is 22.7 Å². The molecule has 1 amide bonds. The maximum absolute atomic E-state index is 11.7. The minimum Gasteiger partial charge on any atom is -0.354 e. The number of amides is 1. The number of aromatic nitrogens is 2. The summed E-state index contributed by atoms with van der Waals surface area (Å²) in [6, 6.07) is 1.97. The summed E-state index contributed by atoms with van der Waals surface area (Å²) in [7, 11) is 1.91. The Labute approximate surface area is 103 Å². The predicted molar refractivity (Wildman–Crippen MR) is 67.8 cm³/mol. The molecule has 0 fully saturated rings. The first-order chi connectivity index (χ1) is 8.02. The number of hydrogen-bond acceptors (Lipinski definition) is 3. The van der Waals surface area contributed by atoms with Crippen molar-refractivity contribution in [1.29, 1.82) is 0 Å². The summed E-state index contributed by atoms with van der Waals surface area (Å²) >= 11 is 0. The van der Waals surface area contributed by atoms with E-state index < -0.39 is 0 Å². The Morgan fingerprint density at radius 3 is 2.71 bits per heavy atom. The SMILES string of the molecule is CNCC(C)CNC(=O)Cn1nc(C)cc1C. The van der Waals surface area contributed by atoms with Crippen LogP contribution in [0, 0.1) is 19.8 Å². The van der Waals surface area contributed by atoms with E-state index >= 15 is 0 Å². The fourth-order valence-electron chi connectivity index (χ4n) is 1.74. The van der Waals surface area contributed by atoms with Gasteiger partial charge in [-0.15, -0.1) is 0 Å². The number of nitrogens with zero attached hydrogens (tertiary/aromatic N) is 2. The summed E-state index contributed by atoms with van der Waals surface area (Å²) in [5.74, 6) is 0.448. The van der Waals surface area contributed by atoms with Crippen LogP contribution >= 0.6 is 0 Å². The van der Waals surface area contributed by atoms with Crippen molar-refractivity contribution in [1.82, 2.24) is 20.4 Å². The molecular weight excluding hydrogens is 216 g/mol. The van der Waals surface area contributed by atoms with Gasteiger partial charge in [0.2, 0.25) is 5.91 Å². The van der Waals surface area contributed by atoms with E-state index in [1.54, 1.807) is 4.68 Å². The molecule has 96 valence electrons. The van der Waals surface area contributed by atoms with E-state index in [9.17, 15) is 4.79 Å². The smallest absolute Gasteiger partial charge is 0.241 e. The number of nitrogens with one attached hydrogen (secondary N) is 2. The van der Waals surface area contributed by atoms with Gasteiger partial charge in [0, 0.05) is 12.2 Å². The second kappa shape index (κ2) is 6.39. The molecule has 5 heteroatoms. The van der Waals surface area contributed by atoms with Gasteiger partial charge in [-0.25, -0.2) is 0 Å². The van der Waals surface area contributed by atoms with Crippen molar-refractivity contribution in [3.8, 4) is 0 Å². The zero-order valence-corrected chi connectivity index (χ0v) is 11.1. The van der Waals surface area contributed by atoms with E-state index in [1.807, 2.05) is 27.0 Å². The van der Waals surface area contributed by atoms with Crippen LogP contribution in [0.2, 0.25) is 0 Å². The Morgan fingerprint density at radius 1 is 1.47 bits per heavy atom. The molecule has 0 aliphatic carbocycles. The van der Waals surface area contributed by atoms with E-state index in [4.69, 9.17) is 0 Å². The lowest BCUT2D eigenvalue weighted by molar-refractivity contribution is -0.122. The molecule has 0 aliphatic rings. The highest BCUT2D eigenvalue weighted by Gasteiger charge is 2.08. The average molecular weight is 238 g/mol. The molecule has 0 bridgehead atoms. The van der Waals surface area contributed by atoms with Gasteiger partial charge >= 0.3 is 0 Å². The van der Waals surface area contributed by atoms with E-state index in [1.165, 1.54) is 0 Å². The third-order valence-corrected chi connectivity index (χ3v) is 2.60. The number of carbonyl (C=O) groups is 1. The van der Waals surface area contributed by atoms with Crippen LogP contribution in [0.3, 0.4) is 0 Å². The molecular formula is C12H22N4O. The standard InChI is InChI=1S/C12H22N4O/c1-9(6-13-4)7-14-12(17)8-16-11(3)5-10(2)15-16/h5,9,13H,6-8H2,1-4H3,(H,14,17). The zero-order chi connectivity index (χ0) is 12.8. The minimum absolute atomic E-state index is 0.0131. The van der Waals surface area contributed by atoms with Gasteiger partial charge in [-0.3, -0.25) is 9.48 Å². The Hall–Kier alpha value is -1.36. The van der Waals surface area contributed by atoms with Crippen LogP contribution in [0.4, 0.5) is 0 Å². The highest BCUT2D eigenvalue weighted by Crippen LogP contribution is 2.01. The van der Waals surface area contributed by atoms with Crippen LogP contribution in [0.1, 0.15) is 18.3 Å². The van der Waals surface area contributed by atoms with Gasteiger partial charge in [-0.2, -0.15) is 5.10 Å². The highest BCUT2D eigenvalue weighted by atomic mass is 16.2. The molecule has 0 saturated carbocycles. The molecule has 1 atom stereocenters. The van der Waals surface area contributed by atoms with Crippen molar-refractivity contribution >= 4 is 5.91 Å². The molecule has 17 heavy (non-hydrogen) atoms. The lowest BCUT2D eigenvalue weighted by Gasteiger charge is -2.12. The first-order valence-electron chi connectivity index (χ1n) is 5.95. The fourth-order valence-corrected chi connectivity index (χ4v) is 1.74. The molecule has 1 aromatic rings. The summed E-state index contributed by atoms with van der Waals surface area (Å²) in [5.41, 5.74) is 1.96. The van der Waals surface area contributed by atoms with Crippen molar-refractivity contribution < 1.29 is 4.79 Å². The van der Waals surface area contributed by atoms with Crippen molar-refractivity contribution in [3.05, 3.63) is 17.5 Å². The molecule has 1 aromatic heterocycles. The highest BCUT2D eigenvalue weighted by molar-refractivity contribution is 5.75. The van der Waals surface area contributed by atoms with Gasteiger partial charge in [0.25, 0.3) is 0 Å². The average Bonchev–Trinajstić information content (AvgIpc) is 2.55. The molecule has 1 heterocycles. The molecule has 1 rings (SSSR count). The third-order valence-electron chi connectivity index (χ3n) is 2.60. The molecule has 1 unspecified atom stereocenters. The van der Waals surface area contributed by atoms with Crippen LogP contribution in [-0.4, -0.2) is 35.8 Å².